The van der Waals surface area contributed by atoms with Crippen molar-refractivity contribution in [3.05, 3.63) is 35.4 Å². The minimum absolute atomic E-state index is 0.235. The number of esters is 1. The molecule has 0 aliphatic rings. The summed E-state index contributed by atoms with van der Waals surface area (Å²) in [6.45, 7) is 0. The van der Waals surface area contributed by atoms with Crippen LogP contribution in [-0.4, -0.2) is 35.3 Å². The average Bonchev–Trinajstić information content (AvgIpc) is 2.37. The molecule has 0 heterocycles. The Balaban J connectivity index is 3.00. The van der Waals surface area contributed by atoms with E-state index < -0.39 is 18.2 Å². The van der Waals surface area contributed by atoms with E-state index in [1.54, 1.807) is 18.2 Å². The highest BCUT2D eigenvalue weighted by Gasteiger charge is 2.23. The minimum atomic E-state index is -1.15. The van der Waals surface area contributed by atoms with Gasteiger partial charge in [0.2, 0.25) is 0 Å². The van der Waals surface area contributed by atoms with Gasteiger partial charge in [-0.05, 0) is 18.1 Å². The average molecular weight is 259 g/mol. The summed E-state index contributed by atoms with van der Waals surface area (Å²) in [6, 6.07) is 6.46. The first-order valence-corrected chi connectivity index (χ1v) is 5.74. The number of hydrogen-bond donors (Lipinski definition) is 2. The lowest BCUT2D eigenvalue weighted by Crippen LogP contribution is -2.21. The number of carbonyl (C=O) groups is 1. The standard InChI is InChI=1S/C12H15ClO4/c1-17-12(16)9-5-3-2-4-8(9)11(15)10(14)6-7-13/h2-5,10-11,14-15H,6-7H2,1H3. The van der Waals surface area contributed by atoms with Gasteiger partial charge in [0.15, 0.2) is 0 Å². The molecule has 94 valence electrons. The maximum atomic E-state index is 11.5. The van der Waals surface area contributed by atoms with Gasteiger partial charge < -0.3 is 14.9 Å². The first kappa shape index (κ1) is 14.0. The largest absolute Gasteiger partial charge is 0.465 e. The van der Waals surface area contributed by atoms with E-state index in [9.17, 15) is 15.0 Å². The van der Waals surface area contributed by atoms with Crippen molar-refractivity contribution in [2.75, 3.05) is 13.0 Å². The summed E-state index contributed by atoms with van der Waals surface area (Å²) in [5, 5.41) is 19.6. The molecule has 4 nitrogen and oxygen atoms in total. The van der Waals surface area contributed by atoms with Gasteiger partial charge in [-0.15, -0.1) is 11.6 Å². The number of halogens is 1. The van der Waals surface area contributed by atoms with E-state index in [0.29, 0.717) is 5.56 Å². The van der Waals surface area contributed by atoms with Crippen molar-refractivity contribution in [1.29, 1.82) is 0 Å². The monoisotopic (exact) mass is 258 g/mol. The second-order valence-electron chi connectivity index (χ2n) is 3.57. The smallest absolute Gasteiger partial charge is 0.338 e. The molecule has 1 aromatic carbocycles. The zero-order valence-electron chi connectivity index (χ0n) is 9.47. The van der Waals surface area contributed by atoms with Crippen molar-refractivity contribution >= 4 is 17.6 Å². The molecule has 2 N–H and O–H groups in total. The Morgan fingerprint density at radius 2 is 2.06 bits per heavy atom. The highest BCUT2D eigenvalue weighted by molar-refractivity contribution is 6.17. The SMILES string of the molecule is COC(=O)c1ccccc1C(O)C(O)CCCl. The van der Waals surface area contributed by atoms with E-state index in [-0.39, 0.29) is 17.9 Å². The first-order chi connectivity index (χ1) is 8.11. The molecule has 2 unspecified atom stereocenters. The minimum Gasteiger partial charge on any atom is -0.465 e. The maximum Gasteiger partial charge on any atom is 0.338 e. The van der Waals surface area contributed by atoms with Crippen molar-refractivity contribution in [2.45, 2.75) is 18.6 Å². The van der Waals surface area contributed by atoms with Gasteiger partial charge in [-0.3, -0.25) is 0 Å². The van der Waals surface area contributed by atoms with Crippen molar-refractivity contribution in [3.63, 3.8) is 0 Å². The van der Waals surface area contributed by atoms with Crippen LogP contribution in [0.5, 0.6) is 0 Å². The number of aliphatic hydroxyl groups excluding tert-OH is 2. The first-order valence-electron chi connectivity index (χ1n) is 5.21. The van der Waals surface area contributed by atoms with Crippen molar-refractivity contribution < 1.29 is 19.7 Å². The number of rotatable bonds is 5. The number of hydrogen-bond acceptors (Lipinski definition) is 4. The molecule has 0 amide bonds. The molecule has 1 rings (SSSR count). The summed E-state index contributed by atoms with van der Waals surface area (Å²) in [5.74, 6) is -0.309. The van der Waals surface area contributed by atoms with Gasteiger partial charge in [0.05, 0.1) is 18.8 Å². The van der Waals surface area contributed by atoms with Gasteiger partial charge in [0.1, 0.15) is 6.10 Å². The van der Waals surface area contributed by atoms with E-state index in [0.717, 1.165) is 0 Å². The van der Waals surface area contributed by atoms with Gasteiger partial charge in [0, 0.05) is 5.88 Å². The summed E-state index contributed by atoms with van der Waals surface area (Å²) >= 11 is 5.49. The third-order valence-corrected chi connectivity index (χ3v) is 2.67. The summed E-state index contributed by atoms with van der Waals surface area (Å²) in [7, 11) is 1.26. The number of aliphatic hydroxyl groups is 2. The molecule has 0 spiro atoms. The molecule has 0 aliphatic heterocycles. The molecule has 5 heteroatoms. The Bertz CT molecular complexity index is 381. The van der Waals surface area contributed by atoms with Crippen LogP contribution in [0.2, 0.25) is 0 Å². The topological polar surface area (TPSA) is 66.8 Å². The quantitative estimate of drug-likeness (QED) is 0.620. The zero-order valence-corrected chi connectivity index (χ0v) is 10.2. The third kappa shape index (κ3) is 3.43. The van der Waals surface area contributed by atoms with Gasteiger partial charge in [-0.25, -0.2) is 4.79 Å². The molecule has 1 aromatic rings. The van der Waals surface area contributed by atoms with Gasteiger partial charge >= 0.3 is 5.97 Å². The Morgan fingerprint density at radius 1 is 1.41 bits per heavy atom. The second-order valence-corrected chi connectivity index (χ2v) is 3.95. The number of ether oxygens (including phenoxy) is 1. The highest BCUT2D eigenvalue weighted by atomic mass is 35.5. The van der Waals surface area contributed by atoms with Crippen LogP contribution in [0, 0.1) is 0 Å². The number of carbonyl (C=O) groups excluding carboxylic acids is 1. The van der Waals surface area contributed by atoms with Crippen LogP contribution in [0.3, 0.4) is 0 Å². The fraction of sp³-hybridized carbons (Fsp3) is 0.417. The lowest BCUT2D eigenvalue weighted by atomic mass is 9.97. The molecular weight excluding hydrogens is 244 g/mol. The van der Waals surface area contributed by atoms with Crippen LogP contribution in [0.4, 0.5) is 0 Å². The van der Waals surface area contributed by atoms with Crippen molar-refractivity contribution in [3.8, 4) is 0 Å². The van der Waals surface area contributed by atoms with E-state index in [1.807, 2.05) is 0 Å². The van der Waals surface area contributed by atoms with Crippen molar-refractivity contribution in [1.82, 2.24) is 0 Å². The number of methoxy groups -OCH3 is 1. The van der Waals surface area contributed by atoms with Gasteiger partial charge in [-0.2, -0.15) is 0 Å². The summed E-state index contributed by atoms with van der Waals surface area (Å²) in [6.07, 6.45) is -1.90. The van der Waals surface area contributed by atoms with Crippen LogP contribution < -0.4 is 0 Å². The Kier molecular flexibility index (Phi) is 5.41. The molecule has 0 bridgehead atoms. The Hall–Kier alpha value is -1.10. The van der Waals surface area contributed by atoms with E-state index in [4.69, 9.17) is 11.6 Å². The summed E-state index contributed by atoms with van der Waals surface area (Å²) in [4.78, 5) is 11.5. The van der Waals surface area contributed by atoms with E-state index in [2.05, 4.69) is 4.74 Å². The number of benzene rings is 1. The second kappa shape index (κ2) is 6.59. The molecule has 0 radical (unpaired) electrons. The molecule has 0 saturated heterocycles. The molecule has 0 aliphatic carbocycles. The van der Waals surface area contributed by atoms with E-state index >= 15 is 0 Å². The van der Waals surface area contributed by atoms with Gasteiger partial charge in [-0.1, -0.05) is 18.2 Å². The summed E-state index contributed by atoms with van der Waals surface area (Å²) < 4.78 is 4.61. The van der Waals surface area contributed by atoms with Crippen LogP contribution in [0.15, 0.2) is 24.3 Å². The Morgan fingerprint density at radius 3 is 2.65 bits per heavy atom. The van der Waals surface area contributed by atoms with E-state index in [1.165, 1.54) is 13.2 Å². The van der Waals surface area contributed by atoms with Crippen LogP contribution in [-0.2, 0) is 4.74 Å². The predicted molar refractivity (Wildman–Crippen MR) is 64.1 cm³/mol. The molecule has 17 heavy (non-hydrogen) atoms. The van der Waals surface area contributed by atoms with Gasteiger partial charge in [0.25, 0.3) is 0 Å². The lowest BCUT2D eigenvalue weighted by Gasteiger charge is -2.19. The summed E-state index contributed by atoms with van der Waals surface area (Å²) in [5.41, 5.74) is 0.591. The highest BCUT2D eigenvalue weighted by Crippen LogP contribution is 2.23. The third-order valence-electron chi connectivity index (χ3n) is 2.45. The zero-order chi connectivity index (χ0) is 12.8. The fourth-order valence-corrected chi connectivity index (χ4v) is 1.75. The molecule has 2 atom stereocenters. The maximum absolute atomic E-state index is 11.5. The van der Waals surface area contributed by atoms with Crippen LogP contribution in [0.1, 0.15) is 28.4 Å². The molecule has 0 saturated carbocycles. The normalized spacial score (nSPS) is 14.1. The Labute approximate surface area is 105 Å². The fourth-order valence-electron chi connectivity index (χ4n) is 1.53. The molecular formula is C12H15ClO4. The van der Waals surface area contributed by atoms with Crippen molar-refractivity contribution in [2.24, 2.45) is 0 Å². The molecule has 0 aromatic heterocycles. The van der Waals surface area contributed by atoms with Crippen LogP contribution in [0.25, 0.3) is 0 Å². The predicted octanol–water partition coefficient (Wildman–Crippen LogP) is 1.50. The van der Waals surface area contributed by atoms with Crippen LogP contribution >= 0.6 is 11.6 Å². The molecule has 0 fully saturated rings. The lowest BCUT2D eigenvalue weighted by molar-refractivity contribution is 0.0157. The number of alkyl halides is 1.